The summed E-state index contributed by atoms with van der Waals surface area (Å²) < 4.78 is 10.9. The topological polar surface area (TPSA) is 245 Å². The summed E-state index contributed by atoms with van der Waals surface area (Å²) >= 11 is 0. The Bertz CT molecular complexity index is 1440. The molecular formula is C47H82N4O11. The molecule has 1 amide bonds. The molecule has 1 heterocycles. The molecule has 0 fully saturated rings. The number of amides is 1. The third kappa shape index (κ3) is 28.7. The van der Waals surface area contributed by atoms with Gasteiger partial charge in [0, 0.05) is 70.3 Å². The molecule has 0 unspecified atom stereocenters. The molecule has 15 heteroatoms. The van der Waals surface area contributed by atoms with Crippen molar-refractivity contribution in [3.05, 3.63) is 18.2 Å². The molecule has 0 aliphatic carbocycles. The molecule has 0 bridgehead atoms. The second-order valence-corrected chi connectivity index (χ2v) is 17.5. The molecule has 0 saturated heterocycles. The number of ketones is 4. The summed E-state index contributed by atoms with van der Waals surface area (Å²) in [5.41, 5.74) is 5.68. The molecule has 1 aromatic rings. The van der Waals surface area contributed by atoms with Crippen LogP contribution in [0.15, 0.2) is 12.5 Å². The van der Waals surface area contributed by atoms with Gasteiger partial charge in [0.2, 0.25) is 5.91 Å². The maximum Gasteiger partial charge on any atom is 0.326 e. The first kappa shape index (κ1) is 56.2. The molecule has 356 valence electrons. The van der Waals surface area contributed by atoms with Gasteiger partial charge in [0.25, 0.3) is 0 Å². The fourth-order valence-corrected chi connectivity index (χ4v) is 7.22. The van der Waals surface area contributed by atoms with E-state index in [4.69, 9.17) is 15.2 Å². The van der Waals surface area contributed by atoms with E-state index in [1.165, 1.54) is 64.1 Å². The molecule has 1 rings (SSSR count). The van der Waals surface area contributed by atoms with Crippen LogP contribution in [0.3, 0.4) is 0 Å². The smallest absolute Gasteiger partial charge is 0.326 e. The number of nitrogens with one attached hydrogen (secondary N) is 2. The third-order valence-electron chi connectivity index (χ3n) is 11.3. The van der Waals surface area contributed by atoms with Crippen molar-refractivity contribution in [1.82, 2.24) is 15.3 Å². The number of aromatic amines is 1. The zero-order chi connectivity index (χ0) is 46.0. The Morgan fingerprint density at radius 1 is 0.726 bits per heavy atom. The van der Waals surface area contributed by atoms with Gasteiger partial charge in [0.05, 0.1) is 31.5 Å². The van der Waals surface area contributed by atoms with Crippen LogP contribution in [0.4, 0.5) is 0 Å². The van der Waals surface area contributed by atoms with E-state index in [0.717, 1.165) is 25.7 Å². The number of carboxylic acids is 2. The maximum atomic E-state index is 13.0. The second-order valence-electron chi connectivity index (χ2n) is 17.5. The van der Waals surface area contributed by atoms with Gasteiger partial charge in [-0.2, -0.15) is 0 Å². The van der Waals surface area contributed by atoms with Crippen LogP contribution >= 0.6 is 0 Å². The molecule has 1 aromatic heterocycles. The maximum absolute atomic E-state index is 13.0. The standard InChI is InChI=1S/C47H80N4O11.H2/c1-4-5-6-7-8-9-10-11-12-13-14-15-19-24-44(56)51-41(46(59)60)26-25-38(52)23-20-27-61-28-29-62-34-39(53)22-18-16-17-21-36(45(57)58)30-43(55)47(2,3)32-42(54)40(48)31-37-33-49-35-50-37;/h33,35-36,40-41H,4-32,34,48H2,1-3H3,(H,49,50)(H,51,56)(H,57,58)(H,59,60);1H/t36-,40+,41+;/m1./s1. The number of ether oxygens (including phenoxy) is 2. The molecule has 15 nitrogen and oxygen atoms in total. The van der Waals surface area contributed by atoms with Gasteiger partial charge in [-0.15, -0.1) is 0 Å². The van der Waals surface area contributed by atoms with Crippen LogP contribution in [0.5, 0.6) is 0 Å². The van der Waals surface area contributed by atoms with E-state index < -0.39 is 35.4 Å². The van der Waals surface area contributed by atoms with Crippen LogP contribution in [0.2, 0.25) is 0 Å². The first-order valence-electron chi connectivity index (χ1n) is 23.4. The van der Waals surface area contributed by atoms with Crippen molar-refractivity contribution < 1.29 is 54.7 Å². The number of H-pyrrole nitrogens is 1. The van der Waals surface area contributed by atoms with Crippen molar-refractivity contribution in [3.63, 3.8) is 0 Å². The largest absolute Gasteiger partial charge is 0.481 e. The molecule has 62 heavy (non-hydrogen) atoms. The van der Waals surface area contributed by atoms with Crippen LogP contribution in [-0.4, -0.2) is 99.7 Å². The Labute approximate surface area is 371 Å². The highest BCUT2D eigenvalue weighted by Crippen LogP contribution is 2.28. The minimum absolute atomic E-state index is 0. The molecule has 0 saturated carbocycles. The Kier molecular flexibility index (Phi) is 31.4. The van der Waals surface area contributed by atoms with Crippen molar-refractivity contribution in [1.29, 1.82) is 0 Å². The average Bonchev–Trinajstić information content (AvgIpc) is 3.74. The first-order chi connectivity index (χ1) is 29.7. The van der Waals surface area contributed by atoms with Gasteiger partial charge in [0.1, 0.15) is 24.2 Å². The van der Waals surface area contributed by atoms with E-state index in [2.05, 4.69) is 22.2 Å². The van der Waals surface area contributed by atoms with Crippen molar-refractivity contribution in [2.45, 2.75) is 200 Å². The van der Waals surface area contributed by atoms with Crippen molar-refractivity contribution in [2.75, 3.05) is 26.4 Å². The zero-order valence-electron chi connectivity index (χ0n) is 38.2. The number of aromatic nitrogens is 2. The van der Waals surface area contributed by atoms with E-state index in [1.807, 2.05) is 0 Å². The van der Waals surface area contributed by atoms with E-state index in [9.17, 15) is 43.8 Å². The van der Waals surface area contributed by atoms with Gasteiger partial charge in [-0.25, -0.2) is 9.78 Å². The van der Waals surface area contributed by atoms with E-state index in [1.54, 1.807) is 20.0 Å². The normalized spacial score (nSPS) is 13.0. The molecular weight excluding hydrogens is 797 g/mol. The van der Waals surface area contributed by atoms with Crippen LogP contribution in [-0.2, 0) is 49.5 Å². The van der Waals surface area contributed by atoms with Crippen molar-refractivity contribution in [3.8, 4) is 0 Å². The Morgan fingerprint density at radius 2 is 1.31 bits per heavy atom. The van der Waals surface area contributed by atoms with Crippen molar-refractivity contribution >= 4 is 41.0 Å². The Balaban J connectivity index is 0.0000384. The van der Waals surface area contributed by atoms with Gasteiger partial charge < -0.3 is 35.7 Å². The first-order valence-corrected chi connectivity index (χ1v) is 23.4. The lowest BCUT2D eigenvalue weighted by atomic mass is 9.77. The molecule has 0 aliphatic heterocycles. The van der Waals surface area contributed by atoms with Crippen LogP contribution in [0.25, 0.3) is 0 Å². The summed E-state index contributed by atoms with van der Waals surface area (Å²) in [7, 11) is 0. The van der Waals surface area contributed by atoms with E-state index >= 15 is 0 Å². The van der Waals surface area contributed by atoms with E-state index in [-0.39, 0.29) is 108 Å². The summed E-state index contributed by atoms with van der Waals surface area (Å²) in [6.07, 6.45) is 22.0. The fraction of sp³-hybridized carbons (Fsp3) is 0.787. The number of hydrogen-bond donors (Lipinski definition) is 5. The lowest BCUT2D eigenvalue weighted by Gasteiger charge is -2.25. The molecule has 0 radical (unpaired) electrons. The number of unbranched alkanes of at least 4 members (excludes halogenated alkanes) is 14. The number of rotatable bonds is 43. The van der Waals surface area contributed by atoms with Crippen LogP contribution in [0, 0.1) is 11.3 Å². The predicted molar refractivity (Wildman–Crippen MR) is 240 cm³/mol. The van der Waals surface area contributed by atoms with E-state index in [0.29, 0.717) is 38.0 Å². The van der Waals surface area contributed by atoms with Crippen molar-refractivity contribution in [2.24, 2.45) is 17.1 Å². The number of carbonyl (C=O) groups excluding carboxylic acids is 5. The number of carbonyl (C=O) groups is 7. The van der Waals surface area contributed by atoms with Gasteiger partial charge >= 0.3 is 11.9 Å². The molecule has 0 spiro atoms. The van der Waals surface area contributed by atoms with Gasteiger partial charge in [-0.05, 0) is 32.1 Å². The highest BCUT2D eigenvalue weighted by atomic mass is 16.5. The molecule has 0 aliphatic rings. The second kappa shape index (κ2) is 34.6. The summed E-state index contributed by atoms with van der Waals surface area (Å²) in [6.45, 7) is 6.17. The minimum atomic E-state index is -1.15. The van der Waals surface area contributed by atoms with Gasteiger partial charge in [-0.3, -0.25) is 28.8 Å². The lowest BCUT2D eigenvalue weighted by molar-refractivity contribution is -0.145. The molecule has 6 N–H and O–H groups in total. The number of carboxylic acid groups (broad SMARTS) is 2. The number of Topliss-reactive ketones (excluding diaryl/α,β-unsaturated/α-hetero) is 4. The number of aliphatic carboxylic acids is 2. The number of nitrogens with two attached hydrogens (primary N) is 1. The number of hydrogen-bond acceptors (Lipinski definition) is 11. The highest BCUT2D eigenvalue weighted by molar-refractivity contribution is 5.94. The van der Waals surface area contributed by atoms with Gasteiger partial charge in [0.15, 0.2) is 11.6 Å². The van der Waals surface area contributed by atoms with Crippen LogP contribution in [0.1, 0.15) is 188 Å². The summed E-state index contributed by atoms with van der Waals surface area (Å²) in [4.78, 5) is 93.1. The number of nitrogens with zero attached hydrogens (tertiary/aromatic N) is 1. The Morgan fingerprint density at radius 3 is 1.90 bits per heavy atom. The number of imidazole rings is 1. The molecule has 0 aromatic carbocycles. The average molecular weight is 879 g/mol. The third-order valence-corrected chi connectivity index (χ3v) is 11.3. The van der Waals surface area contributed by atoms with Gasteiger partial charge in [-0.1, -0.05) is 111 Å². The highest BCUT2D eigenvalue weighted by Gasteiger charge is 2.35. The monoisotopic (exact) mass is 879 g/mol. The summed E-state index contributed by atoms with van der Waals surface area (Å²) in [6, 6.07) is -1.90. The SMILES string of the molecule is CCCCCCCCCCCCCCCC(=O)N[C@@H](CCC(=O)CCCOCCOCC(=O)CCCCC[C@H](CC(=O)C(C)(C)CC(=O)[C@@H](N)Cc1cnc[nH]1)C(=O)O)C(=O)O.[HH]. The lowest BCUT2D eigenvalue weighted by Crippen LogP contribution is -2.41. The molecule has 3 atom stereocenters. The minimum Gasteiger partial charge on any atom is -0.481 e. The fourth-order valence-electron chi connectivity index (χ4n) is 7.22. The predicted octanol–water partition coefficient (Wildman–Crippen LogP) is 7.90. The summed E-state index contributed by atoms with van der Waals surface area (Å²) in [5.74, 6) is -4.19. The Hall–Kier alpha value is -3.82. The zero-order valence-corrected chi connectivity index (χ0v) is 38.2. The summed E-state index contributed by atoms with van der Waals surface area (Å²) in [5, 5.41) is 21.8. The van der Waals surface area contributed by atoms with Crippen LogP contribution < -0.4 is 11.1 Å². The quantitative estimate of drug-likeness (QED) is 0.0392.